The van der Waals surface area contributed by atoms with Gasteiger partial charge >= 0.3 is 6.18 Å². The van der Waals surface area contributed by atoms with E-state index in [-0.39, 0.29) is 17.8 Å². The molecule has 4 nitrogen and oxygen atoms in total. The number of hydrogen-bond donors (Lipinski definition) is 0. The number of halogens is 4. The van der Waals surface area contributed by atoms with Crippen LogP contribution in [0.15, 0.2) is 67.0 Å². The number of alkyl halides is 3. The van der Waals surface area contributed by atoms with E-state index in [1.807, 2.05) is 42.3 Å². The highest BCUT2D eigenvalue weighted by Gasteiger charge is 2.35. The van der Waals surface area contributed by atoms with E-state index in [4.69, 9.17) is 11.6 Å². The summed E-state index contributed by atoms with van der Waals surface area (Å²) in [5, 5.41) is 0.694. The molecule has 3 aromatic rings. The maximum Gasteiger partial charge on any atom is 0.419 e. The van der Waals surface area contributed by atoms with Crippen molar-refractivity contribution in [3.63, 3.8) is 0 Å². The van der Waals surface area contributed by atoms with Crippen molar-refractivity contribution >= 4 is 17.5 Å². The van der Waals surface area contributed by atoms with Crippen LogP contribution in [-0.2, 0) is 12.7 Å². The maximum atomic E-state index is 12.8. The van der Waals surface area contributed by atoms with Crippen molar-refractivity contribution in [1.82, 2.24) is 14.9 Å². The fraction of sp³-hybridized carbons (Fsp3) is 0.333. The highest BCUT2D eigenvalue weighted by Crippen LogP contribution is 2.35. The number of benzene rings is 2. The molecule has 2 unspecified atom stereocenters. The Labute approximate surface area is 190 Å². The summed E-state index contributed by atoms with van der Waals surface area (Å²) in [6, 6.07) is 18.2. The number of hydrogen-bond acceptors (Lipinski definition) is 4. The summed E-state index contributed by atoms with van der Waals surface area (Å²) >= 11 is 6.08. The van der Waals surface area contributed by atoms with Gasteiger partial charge in [0.1, 0.15) is 0 Å². The van der Waals surface area contributed by atoms with Gasteiger partial charge in [0, 0.05) is 56.6 Å². The molecule has 2 atom stereocenters. The number of anilines is 1. The van der Waals surface area contributed by atoms with Crippen molar-refractivity contribution in [3.8, 4) is 0 Å². The fourth-order valence-corrected chi connectivity index (χ4v) is 4.43. The zero-order chi connectivity index (χ0) is 22.7. The Morgan fingerprint density at radius 2 is 1.66 bits per heavy atom. The van der Waals surface area contributed by atoms with Gasteiger partial charge in [0.15, 0.2) is 0 Å². The SMILES string of the molecule is CN(CC1CN(Cc2ccccc2)CC1c1ccc(Cl)cc1)c1ncc(C(F)(F)F)cn1. The van der Waals surface area contributed by atoms with Gasteiger partial charge in [-0.05, 0) is 29.2 Å². The Balaban J connectivity index is 1.51. The molecule has 32 heavy (non-hydrogen) atoms. The van der Waals surface area contributed by atoms with Crippen molar-refractivity contribution in [3.05, 3.63) is 88.7 Å². The van der Waals surface area contributed by atoms with Gasteiger partial charge in [-0.25, -0.2) is 9.97 Å². The van der Waals surface area contributed by atoms with Crippen LogP contribution in [0, 0.1) is 5.92 Å². The van der Waals surface area contributed by atoms with Crippen molar-refractivity contribution in [2.24, 2.45) is 5.92 Å². The molecule has 1 fully saturated rings. The summed E-state index contributed by atoms with van der Waals surface area (Å²) in [7, 11) is 1.82. The minimum absolute atomic E-state index is 0.260. The summed E-state index contributed by atoms with van der Waals surface area (Å²) in [6.45, 7) is 3.24. The number of rotatable bonds is 6. The lowest BCUT2D eigenvalue weighted by Gasteiger charge is -2.25. The average molecular weight is 461 g/mol. The first-order valence-electron chi connectivity index (χ1n) is 10.4. The lowest BCUT2D eigenvalue weighted by Crippen LogP contribution is -2.31. The molecule has 0 aliphatic carbocycles. The third-order valence-corrected chi connectivity index (χ3v) is 6.13. The minimum atomic E-state index is -4.44. The van der Waals surface area contributed by atoms with Gasteiger partial charge in [-0.1, -0.05) is 54.1 Å². The molecule has 168 valence electrons. The average Bonchev–Trinajstić information content (AvgIpc) is 3.16. The van der Waals surface area contributed by atoms with Crippen LogP contribution in [0.4, 0.5) is 19.1 Å². The van der Waals surface area contributed by atoms with Crippen LogP contribution in [0.5, 0.6) is 0 Å². The molecular weight excluding hydrogens is 437 g/mol. The van der Waals surface area contributed by atoms with E-state index in [0.717, 1.165) is 32.0 Å². The van der Waals surface area contributed by atoms with Gasteiger partial charge < -0.3 is 4.90 Å². The molecule has 1 aliphatic rings. The maximum absolute atomic E-state index is 12.8. The standard InChI is InChI=1S/C24H24ClF3N4/c1-31(23-29-11-20(12-30-23)24(26,27)28)14-19-15-32(13-17-5-3-2-4-6-17)16-22(19)18-7-9-21(25)10-8-18/h2-12,19,22H,13-16H2,1H3. The Morgan fingerprint density at radius 1 is 1.00 bits per heavy atom. The van der Waals surface area contributed by atoms with Crippen molar-refractivity contribution < 1.29 is 13.2 Å². The van der Waals surface area contributed by atoms with Crippen molar-refractivity contribution in [2.45, 2.75) is 18.6 Å². The van der Waals surface area contributed by atoms with E-state index in [1.165, 1.54) is 11.1 Å². The molecule has 0 radical (unpaired) electrons. The first-order chi connectivity index (χ1) is 15.3. The minimum Gasteiger partial charge on any atom is -0.344 e. The molecule has 0 saturated carbocycles. The first kappa shape index (κ1) is 22.6. The van der Waals surface area contributed by atoms with Gasteiger partial charge in [-0.2, -0.15) is 13.2 Å². The quantitative estimate of drug-likeness (QED) is 0.486. The fourth-order valence-electron chi connectivity index (χ4n) is 4.30. The van der Waals surface area contributed by atoms with Crippen LogP contribution in [0.2, 0.25) is 5.02 Å². The lowest BCUT2D eigenvalue weighted by molar-refractivity contribution is -0.138. The van der Waals surface area contributed by atoms with E-state index < -0.39 is 11.7 Å². The summed E-state index contributed by atoms with van der Waals surface area (Å²) in [5.74, 6) is 0.818. The molecule has 0 amide bonds. The van der Waals surface area contributed by atoms with Crippen LogP contribution < -0.4 is 4.90 Å². The summed E-state index contributed by atoms with van der Waals surface area (Å²) in [4.78, 5) is 12.1. The second-order valence-corrected chi connectivity index (χ2v) is 8.68. The second-order valence-electron chi connectivity index (χ2n) is 8.25. The van der Waals surface area contributed by atoms with Gasteiger partial charge in [0.05, 0.1) is 5.56 Å². The Morgan fingerprint density at radius 3 is 2.28 bits per heavy atom. The van der Waals surface area contributed by atoms with Crippen LogP contribution in [0.1, 0.15) is 22.6 Å². The monoisotopic (exact) mass is 460 g/mol. The molecule has 2 heterocycles. The normalized spacial score (nSPS) is 19.3. The third-order valence-electron chi connectivity index (χ3n) is 5.88. The van der Waals surface area contributed by atoms with Crippen molar-refractivity contribution in [2.75, 3.05) is 31.6 Å². The molecule has 8 heteroatoms. The first-order valence-corrected chi connectivity index (χ1v) is 10.8. The molecule has 1 aliphatic heterocycles. The van der Waals surface area contributed by atoms with Gasteiger partial charge in [0.2, 0.25) is 5.95 Å². The zero-order valence-corrected chi connectivity index (χ0v) is 18.4. The number of likely N-dealkylation sites (tertiary alicyclic amines) is 1. The Kier molecular flexibility index (Phi) is 6.67. The zero-order valence-electron chi connectivity index (χ0n) is 17.6. The molecule has 2 aromatic carbocycles. The van der Waals surface area contributed by atoms with Crippen LogP contribution >= 0.6 is 11.6 Å². The van der Waals surface area contributed by atoms with E-state index in [2.05, 4.69) is 39.1 Å². The van der Waals surface area contributed by atoms with Gasteiger partial charge in [-0.15, -0.1) is 0 Å². The summed E-state index contributed by atoms with van der Waals surface area (Å²) in [6.07, 6.45) is -2.77. The van der Waals surface area contributed by atoms with E-state index >= 15 is 0 Å². The van der Waals surface area contributed by atoms with E-state index in [9.17, 15) is 13.2 Å². The lowest BCUT2D eigenvalue weighted by atomic mass is 9.88. The molecule has 4 rings (SSSR count). The van der Waals surface area contributed by atoms with Crippen molar-refractivity contribution in [1.29, 1.82) is 0 Å². The highest BCUT2D eigenvalue weighted by molar-refractivity contribution is 6.30. The van der Waals surface area contributed by atoms with Crippen LogP contribution in [0.25, 0.3) is 0 Å². The predicted molar refractivity (Wildman–Crippen MR) is 120 cm³/mol. The third kappa shape index (κ3) is 5.40. The smallest absolute Gasteiger partial charge is 0.344 e. The molecule has 1 saturated heterocycles. The molecule has 0 spiro atoms. The topological polar surface area (TPSA) is 32.3 Å². The molecule has 0 N–H and O–H groups in total. The van der Waals surface area contributed by atoms with Gasteiger partial charge in [-0.3, -0.25) is 4.90 Å². The number of aromatic nitrogens is 2. The number of nitrogens with zero attached hydrogens (tertiary/aromatic N) is 4. The largest absolute Gasteiger partial charge is 0.419 e. The Bertz CT molecular complexity index is 1010. The molecule has 1 aromatic heterocycles. The van der Waals surface area contributed by atoms with Gasteiger partial charge in [0.25, 0.3) is 0 Å². The predicted octanol–water partition coefficient (Wildman–Crippen LogP) is 5.50. The Hall–Kier alpha value is -2.64. The second kappa shape index (κ2) is 9.46. The van der Waals surface area contributed by atoms with E-state index in [1.54, 1.807) is 0 Å². The van der Waals surface area contributed by atoms with E-state index in [0.29, 0.717) is 11.6 Å². The van der Waals surface area contributed by atoms with Crippen LogP contribution in [-0.4, -0.2) is 41.5 Å². The summed E-state index contributed by atoms with van der Waals surface area (Å²) in [5.41, 5.74) is 1.61. The van der Waals surface area contributed by atoms with Crippen LogP contribution in [0.3, 0.4) is 0 Å². The molecular formula is C24H24ClF3N4. The molecule has 0 bridgehead atoms. The highest BCUT2D eigenvalue weighted by atomic mass is 35.5. The summed E-state index contributed by atoms with van der Waals surface area (Å²) < 4.78 is 38.5.